The monoisotopic (exact) mass is 457 g/mol. The number of nitrogens with one attached hydrogen (secondary N) is 1. The number of hydrogen-bond donors (Lipinski definition) is 1. The number of amides is 1. The number of aromatic nitrogens is 1. The summed E-state index contributed by atoms with van der Waals surface area (Å²) in [5.74, 6) is 0.302. The molecule has 7 heteroatoms. The number of benzene rings is 2. The van der Waals surface area contributed by atoms with Crippen LogP contribution >= 0.6 is 27.5 Å². The standard InChI is InChI=1S/C21H17BrClN3O2/c1-14-4-2-5-16(10-14)13-28-19-8-7-15(11-18(19)22)12-25-26-21(27)17-6-3-9-24-20(17)23/h2-12H,13H2,1H3,(H,26,27). The van der Waals surface area contributed by atoms with Gasteiger partial charge in [0, 0.05) is 6.20 Å². The van der Waals surface area contributed by atoms with Crippen molar-refractivity contribution in [2.75, 3.05) is 0 Å². The fourth-order valence-electron chi connectivity index (χ4n) is 2.46. The third-order valence-electron chi connectivity index (χ3n) is 3.82. The smallest absolute Gasteiger partial charge is 0.274 e. The molecule has 1 heterocycles. The normalized spacial score (nSPS) is 10.8. The van der Waals surface area contributed by atoms with Crippen LogP contribution in [0.3, 0.4) is 0 Å². The lowest BCUT2D eigenvalue weighted by atomic mass is 10.1. The van der Waals surface area contributed by atoms with Gasteiger partial charge in [-0.1, -0.05) is 41.4 Å². The molecule has 1 aromatic heterocycles. The Morgan fingerprint density at radius 1 is 1.25 bits per heavy atom. The van der Waals surface area contributed by atoms with E-state index >= 15 is 0 Å². The maximum atomic E-state index is 12.0. The van der Waals surface area contributed by atoms with Crippen molar-refractivity contribution in [3.05, 3.63) is 92.7 Å². The molecule has 1 N–H and O–H groups in total. The minimum Gasteiger partial charge on any atom is -0.488 e. The van der Waals surface area contributed by atoms with Crippen LogP contribution in [0.4, 0.5) is 0 Å². The first-order chi connectivity index (χ1) is 13.5. The second kappa shape index (κ2) is 9.48. The van der Waals surface area contributed by atoms with Crippen molar-refractivity contribution in [3.8, 4) is 5.75 Å². The Labute approximate surface area is 176 Å². The van der Waals surface area contributed by atoms with E-state index in [4.69, 9.17) is 16.3 Å². The minimum absolute atomic E-state index is 0.132. The van der Waals surface area contributed by atoms with Gasteiger partial charge in [0.05, 0.1) is 16.3 Å². The summed E-state index contributed by atoms with van der Waals surface area (Å²) in [7, 11) is 0. The predicted octanol–water partition coefficient (Wildman–Crippen LogP) is 5.15. The maximum absolute atomic E-state index is 12.0. The molecule has 5 nitrogen and oxygen atoms in total. The number of hydrogen-bond acceptors (Lipinski definition) is 4. The molecule has 0 atom stereocenters. The Morgan fingerprint density at radius 2 is 2.11 bits per heavy atom. The van der Waals surface area contributed by atoms with Gasteiger partial charge in [0.25, 0.3) is 5.91 Å². The quantitative estimate of drug-likeness (QED) is 0.316. The van der Waals surface area contributed by atoms with Crippen molar-refractivity contribution in [1.29, 1.82) is 0 Å². The van der Waals surface area contributed by atoms with E-state index in [-0.39, 0.29) is 10.7 Å². The molecule has 3 rings (SSSR count). The summed E-state index contributed by atoms with van der Waals surface area (Å²) < 4.78 is 6.66. The molecular formula is C21H17BrClN3O2. The van der Waals surface area contributed by atoms with Crippen LogP contribution < -0.4 is 10.2 Å². The largest absolute Gasteiger partial charge is 0.488 e. The van der Waals surface area contributed by atoms with Gasteiger partial charge in [0.2, 0.25) is 0 Å². The third kappa shape index (κ3) is 5.41. The summed E-state index contributed by atoms with van der Waals surface area (Å²) >= 11 is 9.39. The average Bonchev–Trinajstić information content (AvgIpc) is 2.67. The summed E-state index contributed by atoms with van der Waals surface area (Å²) in [5, 5.41) is 4.09. The van der Waals surface area contributed by atoms with Crippen LogP contribution in [0.1, 0.15) is 27.0 Å². The van der Waals surface area contributed by atoms with E-state index in [1.807, 2.05) is 30.3 Å². The SMILES string of the molecule is Cc1cccc(COc2ccc(C=NNC(=O)c3cccnc3Cl)cc2Br)c1. The molecule has 2 aromatic carbocycles. The average molecular weight is 459 g/mol. The highest BCUT2D eigenvalue weighted by Gasteiger charge is 2.09. The zero-order valence-electron chi connectivity index (χ0n) is 15.0. The Morgan fingerprint density at radius 3 is 2.86 bits per heavy atom. The van der Waals surface area contributed by atoms with Crippen molar-refractivity contribution < 1.29 is 9.53 Å². The van der Waals surface area contributed by atoms with Crippen molar-refractivity contribution in [3.63, 3.8) is 0 Å². The molecule has 0 unspecified atom stereocenters. The molecule has 0 saturated heterocycles. The van der Waals surface area contributed by atoms with Crippen LogP contribution in [-0.4, -0.2) is 17.1 Å². The molecule has 3 aromatic rings. The number of ether oxygens (including phenoxy) is 1. The molecule has 0 saturated carbocycles. The van der Waals surface area contributed by atoms with E-state index in [2.05, 4.69) is 50.5 Å². The lowest BCUT2D eigenvalue weighted by Crippen LogP contribution is -2.18. The topological polar surface area (TPSA) is 63.6 Å². The van der Waals surface area contributed by atoms with Crippen molar-refractivity contribution in [2.24, 2.45) is 5.10 Å². The van der Waals surface area contributed by atoms with Gasteiger partial charge < -0.3 is 4.74 Å². The molecule has 0 spiro atoms. The number of carbonyl (C=O) groups excluding carboxylic acids is 1. The Kier molecular flexibility index (Phi) is 6.79. The first kappa shape index (κ1) is 20.0. The van der Waals surface area contributed by atoms with E-state index in [1.54, 1.807) is 12.1 Å². The minimum atomic E-state index is -0.425. The predicted molar refractivity (Wildman–Crippen MR) is 114 cm³/mol. The fraction of sp³-hybridized carbons (Fsp3) is 0.0952. The highest BCUT2D eigenvalue weighted by molar-refractivity contribution is 9.10. The van der Waals surface area contributed by atoms with Gasteiger partial charge in [-0.2, -0.15) is 5.10 Å². The molecule has 0 aliphatic heterocycles. The van der Waals surface area contributed by atoms with Crippen molar-refractivity contribution in [1.82, 2.24) is 10.4 Å². The molecule has 1 amide bonds. The zero-order valence-corrected chi connectivity index (χ0v) is 17.4. The first-order valence-corrected chi connectivity index (χ1v) is 9.62. The molecule has 0 fully saturated rings. The number of pyridine rings is 1. The van der Waals surface area contributed by atoms with E-state index < -0.39 is 5.91 Å². The van der Waals surface area contributed by atoms with Gasteiger partial charge in [-0.25, -0.2) is 10.4 Å². The molecule has 0 bridgehead atoms. The van der Waals surface area contributed by atoms with Crippen molar-refractivity contribution >= 4 is 39.7 Å². The first-order valence-electron chi connectivity index (χ1n) is 8.45. The van der Waals surface area contributed by atoms with Gasteiger partial charge in [-0.15, -0.1) is 0 Å². The van der Waals surface area contributed by atoms with E-state index in [9.17, 15) is 4.79 Å². The van der Waals surface area contributed by atoms with E-state index in [1.165, 1.54) is 18.0 Å². The van der Waals surface area contributed by atoms with Gasteiger partial charge >= 0.3 is 0 Å². The summed E-state index contributed by atoms with van der Waals surface area (Å²) in [6.45, 7) is 2.53. The molecular weight excluding hydrogens is 442 g/mol. The molecule has 0 aliphatic carbocycles. The summed E-state index contributed by atoms with van der Waals surface area (Å²) in [6.07, 6.45) is 3.06. The van der Waals surface area contributed by atoms with Crippen molar-refractivity contribution in [2.45, 2.75) is 13.5 Å². The van der Waals surface area contributed by atoms with Crippen LogP contribution in [0, 0.1) is 6.92 Å². The maximum Gasteiger partial charge on any atom is 0.274 e. The lowest BCUT2D eigenvalue weighted by molar-refractivity contribution is 0.0955. The van der Waals surface area contributed by atoms with Crippen LogP contribution in [0.25, 0.3) is 0 Å². The van der Waals surface area contributed by atoms with E-state index in [0.29, 0.717) is 6.61 Å². The highest BCUT2D eigenvalue weighted by Crippen LogP contribution is 2.26. The number of nitrogens with zero attached hydrogens (tertiary/aromatic N) is 2. The van der Waals surface area contributed by atoms with Crippen LogP contribution in [0.5, 0.6) is 5.75 Å². The van der Waals surface area contributed by atoms with Gasteiger partial charge in [0.1, 0.15) is 17.5 Å². The Balaban J connectivity index is 1.60. The van der Waals surface area contributed by atoms with E-state index in [0.717, 1.165) is 21.3 Å². The number of carbonyl (C=O) groups is 1. The second-order valence-corrected chi connectivity index (χ2v) is 7.22. The molecule has 0 radical (unpaired) electrons. The van der Waals surface area contributed by atoms with Gasteiger partial charge in [0.15, 0.2) is 0 Å². The second-order valence-electron chi connectivity index (χ2n) is 6.01. The van der Waals surface area contributed by atoms with Gasteiger partial charge in [-0.3, -0.25) is 4.79 Å². The number of aryl methyl sites for hydroxylation is 1. The Hall–Kier alpha value is -2.70. The molecule has 28 heavy (non-hydrogen) atoms. The van der Waals surface area contributed by atoms with Gasteiger partial charge in [-0.05, 0) is 64.3 Å². The zero-order chi connectivity index (χ0) is 19.9. The number of rotatable bonds is 6. The van der Waals surface area contributed by atoms with Crippen LogP contribution in [-0.2, 0) is 6.61 Å². The highest BCUT2D eigenvalue weighted by atomic mass is 79.9. The number of hydrazone groups is 1. The fourth-order valence-corrected chi connectivity index (χ4v) is 3.17. The number of halogens is 2. The summed E-state index contributed by atoms with van der Waals surface area (Å²) in [6, 6.07) is 17.0. The lowest BCUT2D eigenvalue weighted by Gasteiger charge is -2.09. The molecule has 0 aliphatic rings. The van der Waals surface area contributed by atoms with Crippen LogP contribution in [0.2, 0.25) is 5.15 Å². The van der Waals surface area contributed by atoms with Crippen LogP contribution in [0.15, 0.2) is 70.4 Å². The summed E-state index contributed by atoms with van der Waals surface area (Å²) in [5.41, 5.74) is 5.80. The third-order valence-corrected chi connectivity index (χ3v) is 4.74. The Bertz CT molecular complexity index is 1020. The molecule has 142 valence electrons. The summed E-state index contributed by atoms with van der Waals surface area (Å²) in [4.78, 5) is 15.9.